The van der Waals surface area contributed by atoms with Gasteiger partial charge in [0.2, 0.25) is 35.4 Å². The van der Waals surface area contributed by atoms with Gasteiger partial charge < -0.3 is 4.42 Å². The number of carbonyl (C=O) groups is 5. The van der Waals surface area contributed by atoms with Crippen LogP contribution in [0.3, 0.4) is 0 Å². The Kier molecular flexibility index (Phi) is 4.06. The molecule has 5 amide bonds. The molecule has 0 aliphatic carbocycles. The van der Waals surface area contributed by atoms with Crippen LogP contribution in [0.2, 0.25) is 0 Å². The molecule has 2 saturated heterocycles. The zero-order valence-corrected chi connectivity index (χ0v) is 12.5. The van der Waals surface area contributed by atoms with E-state index in [1.54, 1.807) is 0 Å². The molecule has 1 N–H and O–H groups in total. The van der Waals surface area contributed by atoms with Gasteiger partial charge in [-0.1, -0.05) is 5.10 Å². The van der Waals surface area contributed by atoms with Crippen LogP contribution in [-0.4, -0.2) is 56.1 Å². The van der Waals surface area contributed by atoms with Crippen LogP contribution in [0.4, 0.5) is 6.01 Å². The Morgan fingerprint density at radius 1 is 0.917 bits per heavy atom. The molecule has 0 aromatic carbocycles. The van der Waals surface area contributed by atoms with E-state index in [1.165, 1.54) is 0 Å². The Morgan fingerprint density at radius 2 is 1.46 bits per heavy atom. The van der Waals surface area contributed by atoms with E-state index < -0.39 is 24.3 Å². The van der Waals surface area contributed by atoms with Crippen molar-refractivity contribution < 1.29 is 28.4 Å². The predicted molar refractivity (Wildman–Crippen MR) is 73.7 cm³/mol. The number of anilines is 1. The summed E-state index contributed by atoms with van der Waals surface area (Å²) < 4.78 is 5.14. The number of amides is 5. The number of carbonyl (C=O) groups excluding carboxylic acids is 5. The van der Waals surface area contributed by atoms with Gasteiger partial charge in [0.05, 0.1) is 0 Å². The van der Waals surface area contributed by atoms with Gasteiger partial charge in [-0.25, -0.2) is 0 Å². The van der Waals surface area contributed by atoms with Gasteiger partial charge in [0, 0.05) is 25.7 Å². The third-order valence-corrected chi connectivity index (χ3v) is 3.62. The van der Waals surface area contributed by atoms with Crippen LogP contribution in [0.15, 0.2) is 4.42 Å². The van der Waals surface area contributed by atoms with Gasteiger partial charge in [-0.3, -0.25) is 39.1 Å². The maximum atomic E-state index is 11.8. The first-order valence-electron chi connectivity index (χ1n) is 7.22. The lowest BCUT2D eigenvalue weighted by Crippen LogP contribution is -2.36. The molecular weight excluding hydrogens is 322 g/mol. The highest BCUT2D eigenvalue weighted by molar-refractivity contribution is 6.06. The number of aromatic nitrogens is 2. The molecule has 0 spiro atoms. The van der Waals surface area contributed by atoms with E-state index >= 15 is 0 Å². The van der Waals surface area contributed by atoms with E-state index in [4.69, 9.17) is 4.42 Å². The largest absolute Gasteiger partial charge is 0.406 e. The lowest BCUT2D eigenvalue weighted by molar-refractivity contribution is -0.141. The van der Waals surface area contributed by atoms with Crippen LogP contribution in [0.1, 0.15) is 31.6 Å². The molecule has 126 valence electrons. The molecule has 11 nitrogen and oxygen atoms in total. The molecule has 0 bridgehead atoms. The molecule has 0 atom stereocenters. The van der Waals surface area contributed by atoms with Gasteiger partial charge in [-0.2, -0.15) is 0 Å². The Balaban J connectivity index is 1.57. The Hall–Kier alpha value is -3.11. The number of nitrogens with one attached hydrogen (secondary N) is 1. The van der Waals surface area contributed by atoms with Crippen molar-refractivity contribution in [1.82, 2.24) is 20.0 Å². The molecule has 2 aliphatic rings. The highest BCUT2D eigenvalue weighted by Gasteiger charge is 2.32. The van der Waals surface area contributed by atoms with Crippen molar-refractivity contribution in [3.8, 4) is 0 Å². The maximum absolute atomic E-state index is 11.8. The summed E-state index contributed by atoms with van der Waals surface area (Å²) in [7, 11) is 0. The molecule has 2 fully saturated rings. The van der Waals surface area contributed by atoms with E-state index in [9.17, 15) is 24.0 Å². The zero-order chi connectivity index (χ0) is 17.3. The normalized spacial score (nSPS) is 18.0. The van der Waals surface area contributed by atoms with Gasteiger partial charge in [0.15, 0.2) is 0 Å². The molecular formula is C13H13N5O6. The fraction of sp³-hybridized carbons (Fsp3) is 0.462. The number of likely N-dealkylation sites (tertiary alicyclic amines) is 2. The van der Waals surface area contributed by atoms with Crippen LogP contribution in [0, 0.1) is 0 Å². The van der Waals surface area contributed by atoms with Crippen molar-refractivity contribution in [2.75, 3.05) is 11.9 Å². The van der Waals surface area contributed by atoms with E-state index in [-0.39, 0.29) is 55.9 Å². The van der Waals surface area contributed by atoms with E-state index in [0.717, 1.165) is 9.80 Å². The average Bonchev–Trinajstić information content (AvgIpc) is 3.19. The number of rotatable bonds is 5. The second-order valence-corrected chi connectivity index (χ2v) is 5.30. The lowest BCUT2D eigenvalue weighted by Gasteiger charge is -2.12. The molecule has 1 aromatic heterocycles. The van der Waals surface area contributed by atoms with E-state index in [0.29, 0.717) is 0 Å². The second kappa shape index (κ2) is 6.18. The summed E-state index contributed by atoms with van der Waals surface area (Å²) >= 11 is 0. The SMILES string of the molecule is O=C(CN1C(=O)CCC1=O)Nc1nnc(CN2C(=O)CCC2=O)o1. The first-order valence-corrected chi connectivity index (χ1v) is 7.22. The molecule has 0 unspecified atom stereocenters. The fourth-order valence-corrected chi connectivity index (χ4v) is 2.40. The standard InChI is InChI=1S/C13H13N5O6/c19-7(5-17-9(20)1-2-10(17)21)14-13-16-15-8(24-13)6-18-11(22)3-4-12(18)23/h1-6H2,(H,14,16,19). The van der Waals surface area contributed by atoms with Crippen LogP contribution in [0.25, 0.3) is 0 Å². The minimum absolute atomic E-state index is 0.0118. The van der Waals surface area contributed by atoms with Crippen molar-refractivity contribution in [1.29, 1.82) is 0 Å². The van der Waals surface area contributed by atoms with E-state index in [2.05, 4.69) is 15.5 Å². The summed E-state index contributed by atoms with van der Waals surface area (Å²) in [6.45, 7) is -0.595. The Morgan fingerprint density at radius 3 is 2.04 bits per heavy atom. The highest BCUT2D eigenvalue weighted by Crippen LogP contribution is 2.16. The molecule has 3 rings (SSSR count). The topological polar surface area (TPSA) is 143 Å². The first-order chi connectivity index (χ1) is 11.4. The van der Waals surface area contributed by atoms with Crippen LogP contribution < -0.4 is 5.32 Å². The molecule has 1 aromatic rings. The molecule has 11 heteroatoms. The summed E-state index contributed by atoms with van der Waals surface area (Å²) in [5.74, 6) is -2.14. The maximum Gasteiger partial charge on any atom is 0.322 e. The number of imide groups is 2. The lowest BCUT2D eigenvalue weighted by atomic mass is 10.4. The summed E-state index contributed by atoms with van der Waals surface area (Å²) in [5, 5.41) is 9.48. The smallest absolute Gasteiger partial charge is 0.322 e. The summed E-state index contributed by atoms with van der Waals surface area (Å²) in [6.07, 6.45) is 0.479. The average molecular weight is 335 g/mol. The summed E-state index contributed by atoms with van der Waals surface area (Å²) in [6, 6.07) is -0.242. The Labute approximate surface area is 135 Å². The van der Waals surface area contributed by atoms with Crippen LogP contribution in [0.5, 0.6) is 0 Å². The molecule has 0 radical (unpaired) electrons. The van der Waals surface area contributed by atoms with Crippen LogP contribution >= 0.6 is 0 Å². The fourth-order valence-electron chi connectivity index (χ4n) is 2.40. The number of hydrogen-bond acceptors (Lipinski definition) is 8. The van der Waals surface area contributed by atoms with Crippen molar-refractivity contribution in [3.63, 3.8) is 0 Å². The van der Waals surface area contributed by atoms with Gasteiger partial charge in [-0.15, -0.1) is 5.10 Å². The van der Waals surface area contributed by atoms with Crippen molar-refractivity contribution in [2.24, 2.45) is 0 Å². The van der Waals surface area contributed by atoms with Crippen LogP contribution in [-0.2, 0) is 30.5 Å². The zero-order valence-electron chi connectivity index (χ0n) is 12.5. The molecule has 0 saturated carbocycles. The van der Waals surface area contributed by atoms with Gasteiger partial charge in [0.1, 0.15) is 13.1 Å². The minimum atomic E-state index is -0.665. The minimum Gasteiger partial charge on any atom is -0.406 e. The van der Waals surface area contributed by atoms with Crippen molar-refractivity contribution >= 4 is 35.6 Å². The third-order valence-electron chi connectivity index (χ3n) is 3.62. The summed E-state index contributed by atoms with van der Waals surface area (Å²) in [4.78, 5) is 59.6. The van der Waals surface area contributed by atoms with Crippen molar-refractivity contribution in [2.45, 2.75) is 32.2 Å². The third kappa shape index (κ3) is 3.14. The van der Waals surface area contributed by atoms with E-state index in [1.807, 2.05) is 0 Å². The molecule has 3 heterocycles. The second-order valence-electron chi connectivity index (χ2n) is 5.30. The summed E-state index contributed by atoms with van der Waals surface area (Å²) in [5.41, 5.74) is 0. The van der Waals surface area contributed by atoms with Gasteiger partial charge in [-0.05, 0) is 0 Å². The van der Waals surface area contributed by atoms with Gasteiger partial charge >= 0.3 is 6.01 Å². The number of hydrogen-bond donors (Lipinski definition) is 1. The molecule has 2 aliphatic heterocycles. The van der Waals surface area contributed by atoms with Crippen molar-refractivity contribution in [3.05, 3.63) is 5.89 Å². The predicted octanol–water partition coefficient (Wildman–Crippen LogP) is -1.19. The first kappa shape index (κ1) is 15.8. The Bertz CT molecular complexity index is 709. The quantitative estimate of drug-likeness (QED) is 0.661. The van der Waals surface area contributed by atoms with Gasteiger partial charge in [0.25, 0.3) is 0 Å². The number of nitrogens with zero attached hydrogens (tertiary/aromatic N) is 4. The molecule has 24 heavy (non-hydrogen) atoms. The monoisotopic (exact) mass is 335 g/mol. The highest BCUT2D eigenvalue weighted by atomic mass is 16.4.